The van der Waals surface area contributed by atoms with Crippen LogP contribution in [0.2, 0.25) is 0 Å². The zero-order valence-electron chi connectivity index (χ0n) is 13.0. The number of amides is 1. The zero-order valence-corrected chi connectivity index (χ0v) is 13.0. The fraction of sp³-hybridized carbons (Fsp3) is 0.500. The molecule has 5 nitrogen and oxygen atoms in total. The molecule has 21 heavy (non-hydrogen) atoms. The number of hydrogen-bond donors (Lipinski definition) is 2. The molecule has 0 aliphatic rings. The number of aliphatic carboxylic acids is 1. The summed E-state index contributed by atoms with van der Waals surface area (Å²) in [6, 6.07) is 4.73. The number of carboxylic acid groups (broad SMARTS) is 1. The maximum Gasteiger partial charge on any atom is 0.326 e. The number of nitrogens with one attached hydrogen (secondary N) is 1. The molecule has 0 aliphatic carbocycles. The van der Waals surface area contributed by atoms with Crippen LogP contribution in [0.4, 0.5) is 0 Å². The second-order valence-corrected chi connectivity index (χ2v) is 5.58. The Kier molecular flexibility index (Phi) is 6.21. The first kappa shape index (κ1) is 17.0. The van der Waals surface area contributed by atoms with E-state index in [2.05, 4.69) is 5.32 Å². The first-order chi connectivity index (χ1) is 9.83. The Morgan fingerprint density at radius 1 is 1.33 bits per heavy atom. The van der Waals surface area contributed by atoms with E-state index in [1.54, 1.807) is 13.2 Å². The molecule has 5 heteroatoms. The molecule has 0 radical (unpaired) electrons. The molecule has 0 fully saturated rings. The average molecular weight is 293 g/mol. The number of aryl methyl sites for hydroxylation is 1. The number of rotatable bonds is 7. The summed E-state index contributed by atoms with van der Waals surface area (Å²) in [6.45, 7) is 5.77. The van der Waals surface area contributed by atoms with E-state index in [0.717, 1.165) is 11.1 Å². The molecule has 2 N–H and O–H groups in total. The van der Waals surface area contributed by atoms with Gasteiger partial charge in [-0.05, 0) is 25.3 Å². The highest BCUT2D eigenvalue weighted by Gasteiger charge is 2.21. The quantitative estimate of drug-likeness (QED) is 0.808. The predicted molar refractivity (Wildman–Crippen MR) is 80.5 cm³/mol. The summed E-state index contributed by atoms with van der Waals surface area (Å²) < 4.78 is 5.22. The monoisotopic (exact) mass is 293 g/mol. The number of benzene rings is 1. The highest BCUT2D eigenvalue weighted by molar-refractivity contribution is 5.85. The first-order valence-corrected chi connectivity index (χ1v) is 6.99. The van der Waals surface area contributed by atoms with E-state index >= 15 is 0 Å². The van der Waals surface area contributed by atoms with E-state index in [1.807, 2.05) is 32.9 Å². The number of hydrogen-bond acceptors (Lipinski definition) is 3. The smallest absolute Gasteiger partial charge is 0.326 e. The maximum atomic E-state index is 12.1. The summed E-state index contributed by atoms with van der Waals surface area (Å²) in [5, 5.41) is 11.7. The van der Waals surface area contributed by atoms with Gasteiger partial charge in [-0.15, -0.1) is 0 Å². The molecule has 0 heterocycles. The molecule has 0 saturated heterocycles. The minimum atomic E-state index is -1.01. The molecule has 116 valence electrons. The zero-order chi connectivity index (χ0) is 16.0. The number of carbonyl (C=O) groups excluding carboxylic acids is 1. The van der Waals surface area contributed by atoms with Gasteiger partial charge in [0.25, 0.3) is 0 Å². The fourth-order valence-electron chi connectivity index (χ4n) is 2.16. The molecular weight excluding hydrogens is 270 g/mol. The normalized spacial score (nSPS) is 12.0. The van der Waals surface area contributed by atoms with Gasteiger partial charge in [-0.25, -0.2) is 4.79 Å². The molecule has 1 amide bonds. The van der Waals surface area contributed by atoms with Gasteiger partial charge in [-0.1, -0.05) is 31.5 Å². The highest BCUT2D eigenvalue weighted by Crippen LogP contribution is 2.20. The third kappa shape index (κ3) is 5.45. The summed E-state index contributed by atoms with van der Waals surface area (Å²) in [5.74, 6) is -0.494. The second kappa shape index (κ2) is 7.67. The fourth-order valence-corrected chi connectivity index (χ4v) is 2.16. The van der Waals surface area contributed by atoms with Crippen LogP contribution in [-0.4, -0.2) is 30.1 Å². The molecule has 0 spiro atoms. The van der Waals surface area contributed by atoms with Crippen molar-refractivity contribution in [1.29, 1.82) is 0 Å². The Morgan fingerprint density at radius 2 is 2.00 bits per heavy atom. The van der Waals surface area contributed by atoms with Crippen LogP contribution in [0.1, 0.15) is 31.4 Å². The van der Waals surface area contributed by atoms with Crippen LogP contribution in [0.25, 0.3) is 0 Å². The van der Waals surface area contributed by atoms with Crippen LogP contribution in [-0.2, 0) is 16.0 Å². The Morgan fingerprint density at radius 3 is 2.52 bits per heavy atom. The molecule has 0 aliphatic heterocycles. The van der Waals surface area contributed by atoms with Crippen molar-refractivity contribution < 1.29 is 19.4 Å². The summed E-state index contributed by atoms with van der Waals surface area (Å²) in [7, 11) is 1.55. The van der Waals surface area contributed by atoms with Gasteiger partial charge in [0.15, 0.2) is 0 Å². The van der Waals surface area contributed by atoms with Gasteiger partial charge >= 0.3 is 5.97 Å². The molecule has 1 aromatic rings. The van der Waals surface area contributed by atoms with Crippen molar-refractivity contribution in [2.24, 2.45) is 5.92 Å². The van der Waals surface area contributed by atoms with Crippen molar-refractivity contribution in [2.45, 2.75) is 39.7 Å². The lowest BCUT2D eigenvalue weighted by atomic mass is 10.0. The van der Waals surface area contributed by atoms with Crippen molar-refractivity contribution >= 4 is 11.9 Å². The van der Waals surface area contributed by atoms with Crippen LogP contribution >= 0.6 is 0 Å². The minimum Gasteiger partial charge on any atom is -0.496 e. The average Bonchev–Trinajstić information content (AvgIpc) is 2.37. The van der Waals surface area contributed by atoms with Gasteiger partial charge in [0.1, 0.15) is 11.8 Å². The Balaban J connectivity index is 2.76. The SMILES string of the molecule is COc1ccc(C)cc1CC(=O)N[C@@H](CC(C)C)C(=O)O. The van der Waals surface area contributed by atoms with Crippen molar-refractivity contribution in [2.75, 3.05) is 7.11 Å². The molecule has 0 unspecified atom stereocenters. The Bertz CT molecular complexity index is 511. The van der Waals surface area contributed by atoms with Crippen LogP contribution in [0.3, 0.4) is 0 Å². The molecule has 0 bridgehead atoms. The van der Waals surface area contributed by atoms with E-state index < -0.39 is 12.0 Å². The minimum absolute atomic E-state index is 0.104. The van der Waals surface area contributed by atoms with Crippen molar-refractivity contribution in [3.8, 4) is 5.75 Å². The van der Waals surface area contributed by atoms with Crippen molar-refractivity contribution in [1.82, 2.24) is 5.32 Å². The molecule has 1 aromatic carbocycles. The molecule has 0 aromatic heterocycles. The summed E-state index contributed by atoms with van der Waals surface area (Å²) >= 11 is 0. The van der Waals surface area contributed by atoms with E-state index in [-0.39, 0.29) is 18.2 Å². The lowest BCUT2D eigenvalue weighted by molar-refractivity contribution is -0.142. The molecule has 0 saturated carbocycles. The van der Waals surface area contributed by atoms with E-state index in [1.165, 1.54) is 0 Å². The van der Waals surface area contributed by atoms with Gasteiger partial charge in [-0.3, -0.25) is 4.79 Å². The lowest BCUT2D eigenvalue weighted by Gasteiger charge is -2.17. The first-order valence-electron chi connectivity index (χ1n) is 6.99. The van der Waals surface area contributed by atoms with Crippen LogP contribution in [0.5, 0.6) is 5.75 Å². The molecule has 1 rings (SSSR count). The van der Waals surface area contributed by atoms with Crippen LogP contribution < -0.4 is 10.1 Å². The third-order valence-electron chi connectivity index (χ3n) is 3.13. The van der Waals surface area contributed by atoms with Gasteiger partial charge < -0.3 is 15.2 Å². The standard InChI is InChI=1S/C16H23NO4/c1-10(2)7-13(16(19)20)17-15(18)9-12-8-11(3)5-6-14(12)21-4/h5-6,8,10,13H,7,9H2,1-4H3,(H,17,18)(H,19,20)/t13-/m0/s1. The van der Waals surface area contributed by atoms with E-state index in [4.69, 9.17) is 9.84 Å². The summed E-state index contributed by atoms with van der Waals surface area (Å²) in [6.07, 6.45) is 0.513. The van der Waals surface area contributed by atoms with Gasteiger partial charge in [0.2, 0.25) is 5.91 Å². The van der Waals surface area contributed by atoms with Crippen molar-refractivity contribution in [3.05, 3.63) is 29.3 Å². The highest BCUT2D eigenvalue weighted by atomic mass is 16.5. The molecule has 1 atom stereocenters. The predicted octanol–water partition coefficient (Wildman–Crippen LogP) is 2.16. The Hall–Kier alpha value is -2.04. The maximum absolute atomic E-state index is 12.1. The topological polar surface area (TPSA) is 75.6 Å². The van der Waals surface area contributed by atoms with Crippen molar-refractivity contribution in [3.63, 3.8) is 0 Å². The van der Waals surface area contributed by atoms with E-state index in [0.29, 0.717) is 12.2 Å². The summed E-state index contributed by atoms with van der Waals surface area (Å²) in [4.78, 5) is 23.2. The van der Waals surface area contributed by atoms with E-state index in [9.17, 15) is 9.59 Å². The van der Waals surface area contributed by atoms with Crippen LogP contribution in [0, 0.1) is 12.8 Å². The number of ether oxygens (including phenoxy) is 1. The molecular formula is C16H23NO4. The number of methoxy groups -OCH3 is 1. The third-order valence-corrected chi connectivity index (χ3v) is 3.13. The van der Waals surface area contributed by atoms with Gasteiger partial charge in [0.05, 0.1) is 13.5 Å². The van der Waals surface area contributed by atoms with Gasteiger partial charge in [-0.2, -0.15) is 0 Å². The number of carbonyl (C=O) groups is 2. The lowest BCUT2D eigenvalue weighted by Crippen LogP contribution is -2.42. The number of carboxylic acids is 1. The second-order valence-electron chi connectivity index (χ2n) is 5.58. The van der Waals surface area contributed by atoms with Gasteiger partial charge in [0, 0.05) is 5.56 Å². The largest absolute Gasteiger partial charge is 0.496 e. The van der Waals surface area contributed by atoms with Crippen LogP contribution in [0.15, 0.2) is 18.2 Å². The summed E-state index contributed by atoms with van der Waals surface area (Å²) in [5.41, 5.74) is 1.78. The Labute approximate surface area is 125 Å².